The second-order valence-electron chi connectivity index (χ2n) is 8.43. The first-order chi connectivity index (χ1) is 15.1. The van der Waals surface area contributed by atoms with Gasteiger partial charge < -0.3 is 10.2 Å². The van der Waals surface area contributed by atoms with E-state index in [0.717, 1.165) is 21.3 Å². The Balaban J connectivity index is 1.45. The molecule has 1 aliphatic rings. The number of amides is 1. The van der Waals surface area contributed by atoms with Gasteiger partial charge in [-0.3, -0.25) is 4.79 Å². The molecule has 1 saturated heterocycles. The van der Waals surface area contributed by atoms with E-state index in [2.05, 4.69) is 34.5 Å². The van der Waals surface area contributed by atoms with E-state index >= 15 is 0 Å². The van der Waals surface area contributed by atoms with Gasteiger partial charge >= 0.3 is 6.18 Å². The lowest BCUT2D eigenvalue weighted by molar-refractivity contribution is -0.146. The predicted molar refractivity (Wildman–Crippen MR) is 115 cm³/mol. The van der Waals surface area contributed by atoms with Crippen LogP contribution in [0.15, 0.2) is 30.3 Å². The molecule has 2 aromatic heterocycles. The molecule has 170 valence electrons. The fraction of sp³-hybridized carbons (Fsp3) is 0.455. The van der Waals surface area contributed by atoms with Crippen molar-refractivity contribution >= 4 is 23.1 Å². The van der Waals surface area contributed by atoms with Crippen molar-refractivity contribution in [2.75, 3.05) is 23.3 Å². The quantitative estimate of drug-likeness (QED) is 0.642. The lowest BCUT2D eigenvalue weighted by Gasteiger charge is -2.32. The second kappa shape index (κ2) is 8.40. The summed E-state index contributed by atoms with van der Waals surface area (Å²) in [6.45, 7) is 7.20. The summed E-state index contributed by atoms with van der Waals surface area (Å²) in [5.41, 5.74) is 3.03. The number of rotatable bonds is 4. The van der Waals surface area contributed by atoms with Crippen molar-refractivity contribution in [2.45, 2.75) is 45.7 Å². The molecule has 4 rings (SSSR count). The number of alkyl halides is 3. The fourth-order valence-corrected chi connectivity index (χ4v) is 4.06. The zero-order chi connectivity index (χ0) is 23.0. The number of halogens is 3. The number of nitrogens with one attached hydrogen (secondary N) is 1. The highest BCUT2D eigenvalue weighted by Gasteiger charge is 2.38. The highest BCUT2D eigenvalue weighted by molar-refractivity contribution is 5.94. The molecule has 1 amide bonds. The first-order valence-electron chi connectivity index (χ1n) is 10.6. The van der Waals surface area contributed by atoms with Crippen molar-refractivity contribution in [1.29, 1.82) is 0 Å². The van der Waals surface area contributed by atoms with E-state index in [1.165, 1.54) is 6.07 Å². The molecule has 0 atom stereocenters. The van der Waals surface area contributed by atoms with E-state index in [9.17, 15) is 18.0 Å². The molecule has 1 aromatic carbocycles. The summed E-state index contributed by atoms with van der Waals surface area (Å²) >= 11 is 0. The number of aryl methyl sites for hydroxylation is 1. The zero-order valence-electron chi connectivity index (χ0n) is 18.1. The van der Waals surface area contributed by atoms with E-state index in [1.807, 2.05) is 30.0 Å². The van der Waals surface area contributed by atoms with Crippen LogP contribution in [0.2, 0.25) is 0 Å². The van der Waals surface area contributed by atoms with Gasteiger partial charge in [0.25, 0.3) is 5.82 Å². The highest BCUT2D eigenvalue weighted by Crippen LogP contribution is 2.31. The third-order valence-corrected chi connectivity index (χ3v) is 5.87. The summed E-state index contributed by atoms with van der Waals surface area (Å²) in [4.78, 5) is 14.8. The molecule has 1 N–H and O–H groups in total. The molecule has 0 spiro atoms. The number of piperidine rings is 1. The Morgan fingerprint density at radius 3 is 2.50 bits per heavy atom. The summed E-state index contributed by atoms with van der Waals surface area (Å²) in [6.07, 6.45) is -3.47. The largest absolute Gasteiger partial charge is 0.453 e. The predicted octanol–water partition coefficient (Wildman–Crippen LogP) is 4.43. The Bertz CT molecular complexity index is 1130. The molecular weight excluding hydrogens is 421 g/mol. The van der Waals surface area contributed by atoms with Gasteiger partial charge in [0.05, 0.1) is 0 Å². The number of benzene rings is 1. The molecule has 1 aliphatic heterocycles. The topological polar surface area (TPSA) is 75.4 Å². The minimum atomic E-state index is -4.64. The molecule has 7 nitrogen and oxygen atoms in total. The maximum atomic E-state index is 13.1. The lowest BCUT2D eigenvalue weighted by Crippen LogP contribution is -2.39. The summed E-state index contributed by atoms with van der Waals surface area (Å²) in [7, 11) is 0. The van der Waals surface area contributed by atoms with Crippen LogP contribution in [-0.2, 0) is 11.0 Å². The first kappa shape index (κ1) is 22.0. The van der Waals surface area contributed by atoms with Crippen molar-refractivity contribution in [3.8, 4) is 0 Å². The van der Waals surface area contributed by atoms with Gasteiger partial charge in [0.15, 0.2) is 5.65 Å². The van der Waals surface area contributed by atoms with Crippen LogP contribution < -0.4 is 10.2 Å². The molecule has 0 aliphatic carbocycles. The normalized spacial score (nSPS) is 15.5. The SMILES string of the molecule is Cc1cccc(C(C)C)c1NC(=O)C1CCN(c2ccc3nnc(C(F)(F)F)n3n2)CC1. The van der Waals surface area contributed by atoms with Crippen molar-refractivity contribution in [1.82, 2.24) is 19.8 Å². The number of hydrogen-bond donors (Lipinski definition) is 1. The minimum Gasteiger partial charge on any atom is -0.355 e. The molecule has 0 saturated carbocycles. The Kier molecular flexibility index (Phi) is 5.79. The molecule has 0 radical (unpaired) electrons. The summed E-state index contributed by atoms with van der Waals surface area (Å²) in [5, 5.41) is 14.0. The minimum absolute atomic E-state index is 0.0255. The average Bonchev–Trinajstić information content (AvgIpc) is 3.19. The lowest BCUT2D eigenvalue weighted by atomic mass is 9.94. The summed E-state index contributed by atoms with van der Waals surface area (Å²) in [6, 6.07) is 9.09. The summed E-state index contributed by atoms with van der Waals surface area (Å²) in [5.74, 6) is -0.657. The molecular formula is C22H25F3N6O. The number of fused-ring (bicyclic) bond motifs is 1. The van der Waals surface area contributed by atoms with Crippen LogP contribution in [0.3, 0.4) is 0 Å². The number of para-hydroxylation sites is 1. The number of carbonyl (C=O) groups excluding carboxylic acids is 1. The number of hydrogen-bond acceptors (Lipinski definition) is 5. The van der Waals surface area contributed by atoms with Crippen molar-refractivity contribution in [3.63, 3.8) is 0 Å². The van der Waals surface area contributed by atoms with Gasteiger partial charge in [-0.25, -0.2) is 0 Å². The first-order valence-corrected chi connectivity index (χ1v) is 10.6. The number of nitrogens with zero attached hydrogens (tertiary/aromatic N) is 5. The van der Waals surface area contributed by atoms with Gasteiger partial charge in [-0.2, -0.15) is 17.7 Å². The number of aromatic nitrogens is 4. The average molecular weight is 446 g/mol. The van der Waals surface area contributed by atoms with E-state index in [0.29, 0.717) is 31.7 Å². The molecule has 10 heteroatoms. The monoisotopic (exact) mass is 446 g/mol. The molecule has 0 bridgehead atoms. The van der Waals surface area contributed by atoms with Crippen LogP contribution in [0.1, 0.15) is 49.6 Å². The van der Waals surface area contributed by atoms with Crippen LogP contribution in [0.4, 0.5) is 24.7 Å². The molecule has 3 heterocycles. The Morgan fingerprint density at radius 1 is 1.12 bits per heavy atom. The van der Waals surface area contributed by atoms with Crippen molar-refractivity contribution in [3.05, 3.63) is 47.3 Å². The van der Waals surface area contributed by atoms with E-state index in [1.54, 1.807) is 6.07 Å². The van der Waals surface area contributed by atoms with Crippen LogP contribution in [0.5, 0.6) is 0 Å². The summed E-state index contributed by atoms with van der Waals surface area (Å²) < 4.78 is 40.1. The van der Waals surface area contributed by atoms with Gasteiger partial charge in [0.2, 0.25) is 5.91 Å². The van der Waals surface area contributed by atoms with Gasteiger partial charge in [0, 0.05) is 24.7 Å². The maximum Gasteiger partial charge on any atom is 0.453 e. The third kappa shape index (κ3) is 4.26. The molecule has 3 aromatic rings. The van der Waals surface area contributed by atoms with Crippen LogP contribution in [-0.4, -0.2) is 38.8 Å². The second-order valence-corrected chi connectivity index (χ2v) is 8.43. The van der Waals surface area contributed by atoms with Crippen LogP contribution >= 0.6 is 0 Å². The van der Waals surface area contributed by atoms with Crippen molar-refractivity contribution < 1.29 is 18.0 Å². The van der Waals surface area contributed by atoms with E-state index in [-0.39, 0.29) is 23.4 Å². The van der Waals surface area contributed by atoms with E-state index < -0.39 is 12.0 Å². The standard InChI is InChI=1S/C22H25F3N6O/c1-13(2)16-6-4-5-14(3)19(16)26-20(32)15-9-11-30(12-10-15)18-8-7-17-27-28-21(22(23,24)25)31(17)29-18/h4-8,13,15H,9-12H2,1-3H3,(H,26,32). The third-order valence-electron chi connectivity index (χ3n) is 5.87. The van der Waals surface area contributed by atoms with Gasteiger partial charge in [0.1, 0.15) is 5.82 Å². The van der Waals surface area contributed by atoms with E-state index in [4.69, 9.17) is 0 Å². The Labute approximate surface area is 183 Å². The van der Waals surface area contributed by atoms with Crippen LogP contribution in [0, 0.1) is 12.8 Å². The number of carbonyl (C=O) groups is 1. The highest BCUT2D eigenvalue weighted by atomic mass is 19.4. The van der Waals surface area contributed by atoms with Gasteiger partial charge in [-0.05, 0) is 48.9 Å². The van der Waals surface area contributed by atoms with Crippen molar-refractivity contribution in [2.24, 2.45) is 5.92 Å². The maximum absolute atomic E-state index is 13.1. The van der Waals surface area contributed by atoms with Gasteiger partial charge in [-0.1, -0.05) is 32.0 Å². The molecule has 0 unspecified atom stereocenters. The smallest absolute Gasteiger partial charge is 0.355 e. The Morgan fingerprint density at radius 2 is 1.84 bits per heavy atom. The number of anilines is 2. The Hall–Kier alpha value is -3.17. The molecule has 1 fully saturated rings. The van der Waals surface area contributed by atoms with Gasteiger partial charge in [-0.15, -0.1) is 15.3 Å². The molecule has 32 heavy (non-hydrogen) atoms. The zero-order valence-corrected chi connectivity index (χ0v) is 18.1. The fourth-order valence-electron chi connectivity index (χ4n) is 4.06. The van der Waals surface area contributed by atoms with Crippen LogP contribution in [0.25, 0.3) is 5.65 Å².